The van der Waals surface area contributed by atoms with E-state index in [1.807, 2.05) is 0 Å². The van der Waals surface area contributed by atoms with Crippen molar-refractivity contribution in [3.8, 4) is 17.2 Å². The van der Waals surface area contributed by atoms with Crippen LogP contribution in [0.25, 0.3) is 11.0 Å². The third-order valence-corrected chi connectivity index (χ3v) is 4.22. The molecule has 1 heterocycles. The topological polar surface area (TPSA) is 117 Å². The van der Waals surface area contributed by atoms with Gasteiger partial charge >= 0.3 is 5.69 Å². The van der Waals surface area contributed by atoms with Crippen molar-refractivity contribution in [2.45, 2.75) is 13.0 Å². The fourth-order valence-electron chi connectivity index (χ4n) is 2.84. The van der Waals surface area contributed by atoms with Crippen molar-refractivity contribution in [2.24, 2.45) is 0 Å². The molecule has 4 N–H and O–H groups in total. The molecule has 9 heteroatoms. The number of carbonyl (C=O) groups is 1. The van der Waals surface area contributed by atoms with Crippen LogP contribution in [0.5, 0.6) is 17.2 Å². The minimum absolute atomic E-state index is 0.244. The zero-order chi connectivity index (χ0) is 20.3. The van der Waals surface area contributed by atoms with Crippen LogP contribution in [0.2, 0.25) is 0 Å². The molecule has 0 aliphatic rings. The molecule has 0 saturated carbocycles. The molecule has 3 aromatic rings. The van der Waals surface area contributed by atoms with Crippen LogP contribution >= 0.6 is 0 Å². The molecule has 28 heavy (non-hydrogen) atoms. The molecule has 0 unspecified atom stereocenters. The summed E-state index contributed by atoms with van der Waals surface area (Å²) in [5.41, 5.74) is 2.21. The van der Waals surface area contributed by atoms with Gasteiger partial charge in [-0.2, -0.15) is 0 Å². The first-order valence-corrected chi connectivity index (χ1v) is 8.54. The van der Waals surface area contributed by atoms with Crippen molar-refractivity contribution >= 4 is 28.3 Å². The number of methoxy groups -OCH3 is 3. The number of hydrogen-bond donors (Lipinski definition) is 4. The van der Waals surface area contributed by atoms with Gasteiger partial charge in [-0.25, -0.2) is 4.79 Å². The number of nitrogens with one attached hydrogen (secondary N) is 4. The third kappa shape index (κ3) is 3.88. The molecule has 0 spiro atoms. The number of fused-ring (bicyclic) bond motifs is 1. The number of anilines is 2. The maximum absolute atomic E-state index is 12.5. The first-order chi connectivity index (χ1) is 13.4. The van der Waals surface area contributed by atoms with E-state index >= 15 is 0 Å². The lowest BCUT2D eigenvalue weighted by molar-refractivity contribution is -0.116. The van der Waals surface area contributed by atoms with E-state index in [-0.39, 0.29) is 11.6 Å². The summed E-state index contributed by atoms with van der Waals surface area (Å²) in [5, 5.41) is 5.93. The smallest absolute Gasteiger partial charge is 0.323 e. The van der Waals surface area contributed by atoms with Crippen LogP contribution in [0.4, 0.5) is 11.4 Å². The van der Waals surface area contributed by atoms with E-state index in [4.69, 9.17) is 14.2 Å². The van der Waals surface area contributed by atoms with Crippen LogP contribution in [-0.2, 0) is 4.79 Å². The fraction of sp³-hybridized carbons (Fsp3) is 0.263. The fourth-order valence-corrected chi connectivity index (χ4v) is 2.84. The summed E-state index contributed by atoms with van der Waals surface area (Å²) in [5.74, 6) is 1.20. The van der Waals surface area contributed by atoms with E-state index in [1.165, 1.54) is 21.3 Å². The number of H-pyrrole nitrogens is 2. The van der Waals surface area contributed by atoms with Gasteiger partial charge in [0, 0.05) is 23.5 Å². The molecule has 0 fully saturated rings. The molecule has 1 aromatic heterocycles. The number of hydrogen-bond acceptors (Lipinski definition) is 6. The molecule has 2 aromatic carbocycles. The van der Waals surface area contributed by atoms with Gasteiger partial charge < -0.3 is 34.8 Å². The molecule has 1 amide bonds. The van der Waals surface area contributed by atoms with Crippen molar-refractivity contribution in [3.63, 3.8) is 0 Å². The minimum Gasteiger partial charge on any atom is -0.493 e. The zero-order valence-corrected chi connectivity index (χ0v) is 16.0. The van der Waals surface area contributed by atoms with Gasteiger partial charge in [-0.15, -0.1) is 0 Å². The van der Waals surface area contributed by atoms with Gasteiger partial charge in [-0.05, 0) is 25.1 Å². The van der Waals surface area contributed by atoms with Gasteiger partial charge in [0.05, 0.1) is 32.4 Å². The molecule has 0 saturated heterocycles. The van der Waals surface area contributed by atoms with Crippen LogP contribution in [0.15, 0.2) is 35.1 Å². The predicted molar refractivity (Wildman–Crippen MR) is 107 cm³/mol. The Bertz CT molecular complexity index is 1030. The van der Waals surface area contributed by atoms with Crippen LogP contribution in [-0.4, -0.2) is 43.2 Å². The summed E-state index contributed by atoms with van der Waals surface area (Å²) >= 11 is 0. The maximum Gasteiger partial charge on any atom is 0.323 e. The molecule has 0 aliphatic carbocycles. The van der Waals surface area contributed by atoms with E-state index in [2.05, 4.69) is 20.6 Å². The van der Waals surface area contributed by atoms with E-state index < -0.39 is 6.04 Å². The normalized spacial score (nSPS) is 11.7. The van der Waals surface area contributed by atoms with Crippen molar-refractivity contribution < 1.29 is 19.0 Å². The molecule has 1 atom stereocenters. The second kappa shape index (κ2) is 7.95. The Kier molecular flexibility index (Phi) is 5.44. The molecular weight excluding hydrogens is 364 g/mol. The summed E-state index contributed by atoms with van der Waals surface area (Å²) in [7, 11) is 4.58. The second-order valence-corrected chi connectivity index (χ2v) is 6.11. The molecular formula is C19H22N4O5. The van der Waals surface area contributed by atoms with Gasteiger partial charge in [0.1, 0.15) is 6.04 Å². The molecule has 0 bridgehead atoms. The van der Waals surface area contributed by atoms with Gasteiger partial charge in [0.25, 0.3) is 0 Å². The van der Waals surface area contributed by atoms with Crippen molar-refractivity contribution in [1.29, 1.82) is 0 Å². The second-order valence-electron chi connectivity index (χ2n) is 6.11. The highest BCUT2D eigenvalue weighted by Crippen LogP contribution is 2.40. The van der Waals surface area contributed by atoms with Gasteiger partial charge in [-0.3, -0.25) is 4.79 Å². The molecule has 3 rings (SSSR count). The molecule has 0 radical (unpaired) electrons. The molecule has 148 valence electrons. The number of aromatic nitrogens is 2. The Balaban J connectivity index is 1.75. The summed E-state index contributed by atoms with van der Waals surface area (Å²) in [6.07, 6.45) is 0. The van der Waals surface area contributed by atoms with E-state index in [9.17, 15) is 9.59 Å². The lowest BCUT2D eigenvalue weighted by atomic mass is 10.2. The number of aromatic amines is 2. The summed E-state index contributed by atoms with van der Waals surface area (Å²) < 4.78 is 15.9. The Morgan fingerprint density at radius 1 is 0.929 bits per heavy atom. The average Bonchev–Trinajstić information content (AvgIpc) is 3.06. The number of ether oxygens (including phenoxy) is 3. The third-order valence-electron chi connectivity index (χ3n) is 4.22. The number of carbonyl (C=O) groups excluding carboxylic acids is 1. The first kappa shape index (κ1) is 19.2. The lowest BCUT2D eigenvalue weighted by Gasteiger charge is -2.18. The van der Waals surface area contributed by atoms with E-state index in [1.54, 1.807) is 37.3 Å². The van der Waals surface area contributed by atoms with Crippen LogP contribution in [0.3, 0.4) is 0 Å². The van der Waals surface area contributed by atoms with E-state index in [0.717, 1.165) is 0 Å². The van der Waals surface area contributed by atoms with Crippen molar-refractivity contribution in [2.75, 3.05) is 32.0 Å². The number of benzene rings is 2. The number of amides is 1. The van der Waals surface area contributed by atoms with Crippen LogP contribution in [0.1, 0.15) is 6.92 Å². The van der Waals surface area contributed by atoms with Gasteiger partial charge in [0.2, 0.25) is 11.7 Å². The Hall–Kier alpha value is -3.62. The highest BCUT2D eigenvalue weighted by Gasteiger charge is 2.17. The Morgan fingerprint density at radius 2 is 1.57 bits per heavy atom. The average molecular weight is 386 g/mol. The number of imidazole rings is 1. The van der Waals surface area contributed by atoms with Gasteiger partial charge in [-0.1, -0.05) is 0 Å². The van der Waals surface area contributed by atoms with Crippen LogP contribution in [0, 0.1) is 0 Å². The predicted octanol–water partition coefficient (Wildman–Crippen LogP) is 2.32. The van der Waals surface area contributed by atoms with Crippen molar-refractivity contribution in [3.05, 3.63) is 40.8 Å². The summed E-state index contributed by atoms with van der Waals surface area (Å²) in [4.78, 5) is 29.2. The monoisotopic (exact) mass is 386 g/mol. The highest BCUT2D eigenvalue weighted by molar-refractivity contribution is 5.97. The molecule has 9 nitrogen and oxygen atoms in total. The largest absolute Gasteiger partial charge is 0.493 e. The van der Waals surface area contributed by atoms with E-state index in [0.29, 0.717) is 39.7 Å². The lowest BCUT2D eigenvalue weighted by Crippen LogP contribution is -2.31. The van der Waals surface area contributed by atoms with Gasteiger partial charge in [0.15, 0.2) is 11.5 Å². The maximum atomic E-state index is 12.5. The van der Waals surface area contributed by atoms with Crippen LogP contribution < -0.4 is 30.5 Å². The quantitative estimate of drug-likeness (QED) is 0.495. The zero-order valence-electron chi connectivity index (χ0n) is 16.0. The summed E-state index contributed by atoms with van der Waals surface area (Å²) in [6.45, 7) is 1.73. The standard InChI is InChI=1S/C19H22N4O5/c1-10(20-12-8-15(26-2)17(28-4)16(9-12)27-3)18(24)21-11-5-6-13-14(7-11)23-19(25)22-13/h5-10,20H,1-4H3,(H,21,24)(H2,22,23,25)/t10-/m0/s1. The first-order valence-electron chi connectivity index (χ1n) is 8.54. The summed E-state index contributed by atoms with van der Waals surface area (Å²) in [6, 6.07) is 8.03. The highest BCUT2D eigenvalue weighted by atomic mass is 16.5. The van der Waals surface area contributed by atoms with Crippen molar-refractivity contribution in [1.82, 2.24) is 9.97 Å². The Labute approximate surface area is 161 Å². The minimum atomic E-state index is -0.552. The SMILES string of the molecule is COc1cc(N[C@@H](C)C(=O)Nc2ccc3[nH]c(=O)[nH]c3c2)cc(OC)c1OC. The Morgan fingerprint density at radius 3 is 2.18 bits per heavy atom. The number of rotatable bonds is 7. The molecule has 0 aliphatic heterocycles.